The van der Waals surface area contributed by atoms with Crippen molar-refractivity contribution in [2.24, 2.45) is 5.92 Å². The van der Waals surface area contributed by atoms with Crippen molar-refractivity contribution in [2.45, 2.75) is 39.3 Å². The van der Waals surface area contributed by atoms with Gasteiger partial charge in [0.2, 0.25) is 0 Å². The number of benzene rings is 1. The number of anilines is 1. The number of hydrogen-bond donors (Lipinski definition) is 1. The van der Waals surface area contributed by atoms with E-state index in [0.29, 0.717) is 17.5 Å². The molecule has 0 aliphatic carbocycles. The van der Waals surface area contributed by atoms with Gasteiger partial charge in [0, 0.05) is 18.6 Å². The highest BCUT2D eigenvalue weighted by Crippen LogP contribution is 2.28. The Balaban J connectivity index is 2.19. The summed E-state index contributed by atoms with van der Waals surface area (Å²) < 4.78 is 27.8. The number of piperidine rings is 1. The molecule has 4 heteroatoms. The van der Waals surface area contributed by atoms with Gasteiger partial charge in [0.25, 0.3) is 0 Å². The molecule has 1 N–H and O–H groups in total. The molecule has 1 fully saturated rings. The van der Waals surface area contributed by atoms with Gasteiger partial charge >= 0.3 is 0 Å². The number of likely N-dealkylation sites (tertiary alicyclic amines) is 1. The number of nitrogens with one attached hydrogen (secondary N) is 1. The van der Waals surface area contributed by atoms with Crippen LogP contribution in [-0.4, -0.2) is 30.6 Å². The number of aryl methyl sites for hydroxylation is 1. The summed E-state index contributed by atoms with van der Waals surface area (Å²) in [4.78, 5) is 2.28. The zero-order chi connectivity index (χ0) is 14.2. The van der Waals surface area contributed by atoms with Crippen LogP contribution in [0.3, 0.4) is 0 Å². The van der Waals surface area contributed by atoms with E-state index in [1.165, 1.54) is 12.1 Å². The minimum atomic E-state index is -0.512. The molecule has 1 aliphatic heterocycles. The van der Waals surface area contributed by atoms with Gasteiger partial charge in [0.15, 0.2) is 5.82 Å². The van der Waals surface area contributed by atoms with Crippen LogP contribution in [0.2, 0.25) is 0 Å². The zero-order valence-corrected chi connectivity index (χ0v) is 12.0. The van der Waals surface area contributed by atoms with Crippen molar-refractivity contribution in [3.05, 3.63) is 29.3 Å². The maximum absolute atomic E-state index is 14.0. The van der Waals surface area contributed by atoms with Gasteiger partial charge in [-0.05, 0) is 44.9 Å². The second-order valence-electron chi connectivity index (χ2n) is 5.81. The molecule has 3 unspecified atom stereocenters. The molecule has 0 radical (unpaired) electrons. The molecule has 106 valence electrons. The lowest BCUT2D eigenvalue weighted by Crippen LogP contribution is -2.48. The SMILES string of the molecule is Cc1ccc(F)c(NC2CC(C)N(C)CC2C)c1F. The first-order valence-corrected chi connectivity index (χ1v) is 6.81. The van der Waals surface area contributed by atoms with Crippen molar-refractivity contribution in [1.82, 2.24) is 4.90 Å². The molecule has 0 aromatic heterocycles. The topological polar surface area (TPSA) is 15.3 Å². The van der Waals surface area contributed by atoms with Gasteiger partial charge in [-0.3, -0.25) is 0 Å². The highest BCUT2D eigenvalue weighted by Gasteiger charge is 2.30. The minimum absolute atomic E-state index is 0.0219. The second-order valence-corrected chi connectivity index (χ2v) is 5.81. The molecule has 2 nitrogen and oxygen atoms in total. The van der Waals surface area contributed by atoms with E-state index < -0.39 is 11.6 Å². The average molecular weight is 268 g/mol. The van der Waals surface area contributed by atoms with E-state index in [9.17, 15) is 8.78 Å². The van der Waals surface area contributed by atoms with E-state index in [0.717, 1.165) is 13.0 Å². The standard InChI is InChI=1S/C15H22F2N2/c1-9-5-6-12(16)15(14(9)17)18-13-7-11(3)19(4)8-10(13)2/h5-6,10-11,13,18H,7-8H2,1-4H3. The summed E-state index contributed by atoms with van der Waals surface area (Å²) in [6, 6.07) is 3.32. The number of halogens is 2. The molecular formula is C15H22F2N2. The number of rotatable bonds is 2. The monoisotopic (exact) mass is 268 g/mol. The lowest BCUT2D eigenvalue weighted by atomic mass is 9.89. The largest absolute Gasteiger partial charge is 0.377 e. The fourth-order valence-corrected chi connectivity index (χ4v) is 2.72. The average Bonchev–Trinajstić information content (AvgIpc) is 2.36. The van der Waals surface area contributed by atoms with Crippen LogP contribution in [0.15, 0.2) is 12.1 Å². The lowest BCUT2D eigenvalue weighted by Gasteiger charge is -2.40. The van der Waals surface area contributed by atoms with Crippen molar-refractivity contribution >= 4 is 5.69 Å². The summed E-state index contributed by atoms with van der Waals surface area (Å²) in [5, 5.41) is 3.08. The van der Waals surface area contributed by atoms with Crippen LogP contribution in [0.5, 0.6) is 0 Å². The summed E-state index contributed by atoms with van der Waals surface area (Å²) in [7, 11) is 2.09. The molecule has 2 rings (SSSR count). The first-order valence-electron chi connectivity index (χ1n) is 6.81. The molecule has 1 heterocycles. The summed E-state index contributed by atoms with van der Waals surface area (Å²) in [6.45, 7) is 6.85. The molecule has 1 aromatic rings. The van der Waals surface area contributed by atoms with Crippen LogP contribution in [0.25, 0.3) is 0 Å². The van der Waals surface area contributed by atoms with Crippen LogP contribution < -0.4 is 5.32 Å². The molecule has 1 saturated heterocycles. The molecule has 1 aromatic carbocycles. The quantitative estimate of drug-likeness (QED) is 0.884. The van der Waals surface area contributed by atoms with Gasteiger partial charge in [0.1, 0.15) is 11.5 Å². The first-order chi connectivity index (χ1) is 8.90. The van der Waals surface area contributed by atoms with E-state index in [-0.39, 0.29) is 11.7 Å². The Hall–Kier alpha value is -1.16. The van der Waals surface area contributed by atoms with Crippen molar-refractivity contribution < 1.29 is 8.78 Å². The third-order valence-electron chi connectivity index (χ3n) is 4.22. The van der Waals surface area contributed by atoms with Crippen molar-refractivity contribution in [3.63, 3.8) is 0 Å². The summed E-state index contributed by atoms with van der Waals surface area (Å²) in [5.74, 6) is -0.624. The van der Waals surface area contributed by atoms with E-state index in [4.69, 9.17) is 0 Å². The Kier molecular flexibility index (Phi) is 4.09. The molecule has 0 amide bonds. The number of hydrogen-bond acceptors (Lipinski definition) is 2. The molecule has 0 bridgehead atoms. The molecule has 0 spiro atoms. The van der Waals surface area contributed by atoms with Crippen molar-refractivity contribution in [2.75, 3.05) is 18.9 Å². The zero-order valence-electron chi connectivity index (χ0n) is 12.0. The minimum Gasteiger partial charge on any atom is -0.377 e. The Bertz CT molecular complexity index is 462. The molecular weight excluding hydrogens is 246 g/mol. The summed E-state index contributed by atoms with van der Waals surface area (Å²) in [6.07, 6.45) is 0.893. The van der Waals surface area contributed by atoms with Crippen molar-refractivity contribution in [3.8, 4) is 0 Å². The molecule has 19 heavy (non-hydrogen) atoms. The maximum Gasteiger partial charge on any atom is 0.152 e. The Morgan fingerprint density at radius 1 is 1.26 bits per heavy atom. The Morgan fingerprint density at radius 2 is 1.95 bits per heavy atom. The second kappa shape index (κ2) is 5.45. The molecule has 1 aliphatic rings. The summed E-state index contributed by atoms with van der Waals surface area (Å²) >= 11 is 0. The summed E-state index contributed by atoms with van der Waals surface area (Å²) in [5.41, 5.74) is 0.492. The third kappa shape index (κ3) is 2.89. The van der Waals surface area contributed by atoms with Crippen LogP contribution in [-0.2, 0) is 0 Å². The fourth-order valence-electron chi connectivity index (χ4n) is 2.72. The van der Waals surface area contributed by atoms with Crippen LogP contribution >= 0.6 is 0 Å². The predicted molar refractivity (Wildman–Crippen MR) is 74.4 cm³/mol. The van der Waals surface area contributed by atoms with Gasteiger partial charge in [-0.1, -0.05) is 13.0 Å². The van der Waals surface area contributed by atoms with Gasteiger partial charge in [0.05, 0.1) is 0 Å². The first kappa shape index (κ1) is 14.3. The Labute approximate surface area is 113 Å². The van der Waals surface area contributed by atoms with Crippen LogP contribution in [0.4, 0.5) is 14.5 Å². The fraction of sp³-hybridized carbons (Fsp3) is 0.600. The highest BCUT2D eigenvalue weighted by atomic mass is 19.1. The van der Waals surface area contributed by atoms with Gasteiger partial charge in [-0.15, -0.1) is 0 Å². The molecule has 3 atom stereocenters. The highest BCUT2D eigenvalue weighted by molar-refractivity contribution is 5.49. The smallest absolute Gasteiger partial charge is 0.152 e. The van der Waals surface area contributed by atoms with Gasteiger partial charge in [-0.2, -0.15) is 0 Å². The van der Waals surface area contributed by atoms with Crippen LogP contribution in [0, 0.1) is 24.5 Å². The maximum atomic E-state index is 14.0. The van der Waals surface area contributed by atoms with E-state index in [1.807, 2.05) is 0 Å². The normalized spacial score (nSPS) is 28.4. The van der Waals surface area contributed by atoms with Crippen LogP contribution in [0.1, 0.15) is 25.8 Å². The number of nitrogens with zero attached hydrogens (tertiary/aromatic N) is 1. The lowest BCUT2D eigenvalue weighted by molar-refractivity contribution is 0.145. The molecule has 0 saturated carbocycles. The van der Waals surface area contributed by atoms with Gasteiger partial charge in [-0.25, -0.2) is 8.78 Å². The van der Waals surface area contributed by atoms with Gasteiger partial charge < -0.3 is 10.2 Å². The van der Waals surface area contributed by atoms with E-state index >= 15 is 0 Å². The predicted octanol–water partition coefficient (Wildman–Crippen LogP) is 3.41. The van der Waals surface area contributed by atoms with E-state index in [2.05, 4.69) is 31.1 Å². The van der Waals surface area contributed by atoms with Crippen molar-refractivity contribution in [1.29, 1.82) is 0 Å². The van der Waals surface area contributed by atoms with E-state index in [1.54, 1.807) is 6.92 Å². The Morgan fingerprint density at radius 3 is 2.63 bits per heavy atom. The third-order valence-corrected chi connectivity index (χ3v) is 4.22.